The Bertz CT molecular complexity index is 928. The first-order valence-electron chi connectivity index (χ1n) is 8.77. The predicted octanol–water partition coefficient (Wildman–Crippen LogP) is 2.62. The molecule has 0 spiro atoms. The second-order valence-electron chi connectivity index (χ2n) is 5.78. The highest BCUT2D eigenvalue weighted by molar-refractivity contribution is 14.0. The van der Waals surface area contributed by atoms with Crippen LogP contribution < -0.4 is 20.1 Å². The van der Waals surface area contributed by atoms with Crippen LogP contribution in [-0.2, 0) is 13.1 Å². The van der Waals surface area contributed by atoms with Crippen molar-refractivity contribution in [3.8, 4) is 11.5 Å². The number of rotatable bonds is 7. The number of aromatic nitrogens is 3. The quantitative estimate of drug-likeness (QED) is 0.297. The highest BCUT2D eigenvalue weighted by Crippen LogP contribution is 2.27. The third kappa shape index (κ3) is 5.24. The van der Waals surface area contributed by atoms with Gasteiger partial charge in [0, 0.05) is 12.7 Å². The van der Waals surface area contributed by atoms with Crippen LogP contribution in [0.25, 0.3) is 5.65 Å². The Hall–Kier alpha value is -2.56. The summed E-state index contributed by atoms with van der Waals surface area (Å²) < 4.78 is 12.6. The number of fused-ring (bicyclic) bond motifs is 1. The van der Waals surface area contributed by atoms with Crippen molar-refractivity contribution >= 4 is 35.6 Å². The molecule has 3 rings (SSSR count). The minimum absolute atomic E-state index is 0. The molecular weight excluding hydrogens is 471 g/mol. The van der Waals surface area contributed by atoms with E-state index in [9.17, 15) is 0 Å². The molecule has 0 saturated carbocycles. The zero-order valence-corrected chi connectivity index (χ0v) is 18.5. The second kappa shape index (κ2) is 10.7. The van der Waals surface area contributed by atoms with E-state index in [2.05, 4.69) is 25.8 Å². The van der Waals surface area contributed by atoms with Crippen molar-refractivity contribution in [2.45, 2.75) is 20.0 Å². The summed E-state index contributed by atoms with van der Waals surface area (Å²) in [6, 6.07) is 11.6. The molecule has 2 heterocycles. The average molecular weight is 496 g/mol. The Morgan fingerprint density at radius 2 is 1.89 bits per heavy atom. The first kappa shape index (κ1) is 21.7. The van der Waals surface area contributed by atoms with Crippen molar-refractivity contribution in [2.75, 3.05) is 20.8 Å². The Morgan fingerprint density at radius 3 is 2.64 bits per heavy atom. The maximum absolute atomic E-state index is 5.35. The first-order valence-corrected chi connectivity index (χ1v) is 8.77. The lowest BCUT2D eigenvalue weighted by molar-refractivity contribution is 0.354. The molecule has 0 aliphatic rings. The predicted molar refractivity (Wildman–Crippen MR) is 120 cm³/mol. The molecule has 0 aliphatic heterocycles. The summed E-state index contributed by atoms with van der Waals surface area (Å²) in [5.74, 6) is 2.93. The number of methoxy groups -OCH3 is 2. The molecule has 0 aliphatic carbocycles. The van der Waals surface area contributed by atoms with Gasteiger partial charge in [0.15, 0.2) is 28.9 Å². The molecule has 0 saturated heterocycles. The third-order valence-electron chi connectivity index (χ3n) is 4.01. The minimum atomic E-state index is 0. The van der Waals surface area contributed by atoms with E-state index in [1.54, 1.807) is 14.2 Å². The summed E-state index contributed by atoms with van der Waals surface area (Å²) >= 11 is 0. The van der Waals surface area contributed by atoms with Crippen LogP contribution in [0.2, 0.25) is 0 Å². The zero-order valence-electron chi connectivity index (χ0n) is 16.2. The Labute approximate surface area is 181 Å². The average Bonchev–Trinajstić information content (AvgIpc) is 3.13. The molecule has 8 nitrogen and oxygen atoms in total. The minimum Gasteiger partial charge on any atom is -0.493 e. The molecule has 2 aromatic heterocycles. The van der Waals surface area contributed by atoms with E-state index in [4.69, 9.17) is 9.47 Å². The summed E-state index contributed by atoms with van der Waals surface area (Å²) in [5, 5.41) is 14.9. The van der Waals surface area contributed by atoms with Crippen LogP contribution >= 0.6 is 24.0 Å². The zero-order chi connectivity index (χ0) is 19.1. The van der Waals surface area contributed by atoms with E-state index in [0.29, 0.717) is 30.5 Å². The molecule has 1 aromatic carbocycles. The van der Waals surface area contributed by atoms with Gasteiger partial charge in [-0.1, -0.05) is 12.1 Å². The van der Waals surface area contributed by atoms with Gasteiger partial charge in [-0.05, 0) is 36.8 Å². The molecular formula is C19H25IN6O2. The van der Waals surface area contributed by atoms with Crippen molar-refractivity contribution in [3.63, 3.8) is 0 Å². The van der Waals surface area contributed by atoms with E-state index < -0.39 is 0 Å². The van der Waals surface area contributed by atoms with Gasteiger partial charge in [0.25, 0.3) is 0 Å². The molecule has 3 aromatic rings. The van der Waals surface area contributed by atoms with Gasteiger partial charge in [0.05, 0.1) is 27.3 Å². The summed E-state index contributed by atoms with van der Waals surface area (Å²) in [7, 11) is 3.25. The van der Waals surface area contributed by atoms with Crippen LogP contribution in [0.1, 0.15) is 18.3 Å². The van der Waals surface area contributed by atoms with Gasteiger partial charge in [0.2, 0.25) is 0 Å². The van der Waals surface area contributed by atoms with Crippen LogP contribution in [-0.4, -0.2) is 41.3 Å². The van der Waals surface area contributed by atoms with Crippen molar-refractivity contribution in [2.24, 2.45) is 4.99 Å². The van der Waals surface area contributed by atoms with Gasteiger partial charge in [-0.15, -0.1) is 34.2 Å². The lowest BCUT2D eigenvalue weighted by atomic mass is 10.2. The molecule has 0 bridgehead atoms. The molecule has 0 radical (unpaired) electrons. The fourth-order valence-corrected chi connectivity index (χ4v) is 2.67. The van der Waals surface area contributed by atoms with Crippen LogP contribution in [0.15, 0.2) is 47.6 Å². The largest absolute Gasteiger partial charge is 0.493 e. The SMILES string of the molecule is CCNC(=NCc1ccc(OC)c(OC)c1)NCc1nnc2ccccn12.I. The first-order chi connectivity index (χ1) is 13.2. The van der Waals surface area contributed by atoms with Crippen molar-refractivity contribution in [1.29, 1.82) is 0 Å². The number of benzene rings is 1. The van der Waals surface area contributed by atoms with E-state index in [0.717, 1.165) is 23.6 Å². The highest BCUT2D eigenvalue weighted by atomic mass is 127. The molecule has 28 heavy (non-hydrogen) atoms. The van der Waals surface area contributed by atoms with Gasteiger partial charge in [-0.2, -0.15) is 0 Å². The Kier molecular flexibility index (Phi) is 8.30. The van der Waals surface area contributed by atoms with Crippen LogP contribution in [0.5, 0.6) is 11.5 Å². The van der Waals surface area contributed by atoms with Crippen LogP contribution in [0, 0.1) is 0 Å². The van der Waals surface area contributed by atoms with Gasteiger partial charge in [0.1, 0.15) is 0 Å². The Morgan fingerprint density at radius 1 is 1.07 bits per heavy atom. The van der Waals surface area contributed by atoms with Crippen molar-refractivity contribution in [3.05, 3.63) is 54.0 Å². The topological polar surface area (TPSA) is 85.1 Å². The van der Waals surface area contributed by atoms with Gasteiger partial charge in [-0.25, -0.2) is 4.99 Å². The number of halogens is 1. The third-order valence-corrected chi connectivity index (χ3v) is 4.01. The Balaban J connectivity index is 0.00000280. The second-order valence-corrected chi connectivity index (χ2v) is 5.78. The summed E-state index contributed by atoms with van der Waals surface area (Å²) in [6.07, 6.45) is 1.94. The smallest absolute Gasteiger partial charge is 0.191 e. The van der Waals surface area contributed by atoms with Crippen molar-refractivity contribution in [1.82, 2.24) is 25.2 Å². The number of pyridine rings is 1. The molecule has 150 valence electrons. The van der Waals surface area contributed by atoms with Crippen LogP contribution in [0.3, 0.4) is 0 Å². The fraction of sp³-hybridized carbons (Fsp3) is 0.316. The van der Waals surface area contributed by atoms with Gasteiger partial charge in [-0.3, -0.25) is 4.40 Å². The lowest BCUT2D eigenvalue weighted by Gasteiger charge is -2.11. The molecule has 2 N–H and O–H groups in total. The number of aliphatic imine (C=N–C) groups is 1. The number of hydrogen-bond acceptors (Lipinski definition) is 5. The van der Waals surface area contributed by atoms with Gasteiger partial charge < -0.3 is 20.1 Å². The van der Waals surface area contributed by atoms with E-state index in [1.807, 2.05) is 53.9 Å². The highest BCUT2D eigenvalue weighted by Gasteiger charge is 2.07. The van der Waals surface area contributed by atoms with E-state index in [-0.39, 0.29) is 24.0 Å². The number of nitrogens with one attached hydrogen (secondary N) is 2. The normalized spacial score (nSPS) is 11.0. The molecule has 0 fully saturated rings. The summed E-state index contributed by atoms with van der Waals surface area (Å²) in [4.78, 5) is 4.63. The lowest BCUT2D eigenvalue weighted by Crippen LogP contribution is -2.37. The molecule has 0 amide bonds. The number of guanidine groups is 1. The number of nitrogens with zero attached hydrogens (tertiary/aromatic N) is 4. The fourth-order valence-electron chi connectivity index (χ4n) is 2.67. The standard InChI is InChI=1S/C19H24N6O2.HI/c1-4-20-19(21-12-14-8-9-15(26-2)16(11-14)27-3)22-13-18-24-23-17-7-5-6-10-25(17)18;/h5-11H,4,12-13H2,1-3H3,(H2,20,21,22);1H. The summed E-state index contributed by atoms with van der Waals surface area (Å²) in [6.45, 7) is 3.82. The maximum Gasteiger partial charge on any atom is 0.191 e. The van der Waals surface area contributed by atoms with Crippen molar-refractivity contribution < 1.29 is 9.47 Å². The van der Waals surface area contributed by atoms with E-state index >= 15 is 0 Å². The van der Waals surface area contributed by atoms with Crippen LogP contribution in [0.4, 0.5) is 0 Å². The molecule has 0 atom stereocenters. The number of ether oxygens (including phenoxy) is 2. The maximum atomic E-state index is 5.35. The summed E-state index contributed by atoms with van der Waals surface area (Å²) in [5.41, 5.74) is 1.85. The van der Waals surface area contributed by atoms with Gasteiger partial charge >= 0.3 is 0 Å². The van der Waals surface area contributed by atoms with E-state index in [1.165, 1.54) is 0 Å². The molecule has 9 heteroatoms. The molecule has 0 unspecified atom stereocenters. The number of hydrogen-bond donors (Lipinski definition) is 2. The monoisotopic (exact) mass is 496 g/mol.